The maximum absolute atomic E-state index is 5.93. The van der Waals surface area contributed by atoms with Gasteiger partial charge in [0.15, 0.2) is 11.5 Å². The normalized spacial score (nSPS) is 10.7. The Morgan fingerprint density at radius 3 is 2.62 bits per heavy atom. The minimum Gasteiger partial charge on any atom is -0.490 e. The van der Waals surface area contributed by atoms with Crippen molar-refractivity contribution in [3.63, 3.8) is 0 Å². The van der Waals surface area contributed by atoms with E-state index in [2.05, 4.69) is 34.0 Å². The fourth-order valence-electron chi connectivity index (χ4n) is 2.16. The minimum absolute atomic E-state index is 0.489. The molecule has 0 unspecified atom stereocenters. The zero-order chi connectivity index (χ0) is 15.2. The molecule has 114 valence electrons. The molecule has 0 spiro atoms. The first-order valence-corrected chi connectivity index (χ1v) is 8.27. The van der Waals surface area contributed by atoms with E-state index in [9.17, 15) is 0 Å². The summed E-state index contributed by atoms with van der Waals surface area (Å²) in [5.41, 5.74) is 3.25. The van der Waals surface area contributed by atoms with E-state index in [1.165, 1.54) is 5.56 Å². The Morgan fingerprint density at radius 2 is 1.95 bits per heavy atom. The molecular formula is C16H21BrN2O2. The first-order valence-electron chi connectivity index (χ1n) is 7.15. The van der Waals surface area contributed by atoms with Crippen LogP contribution in [-0.2, 0) is 18.5 Å². The molecule has 2 aromatic rings. The van der Waals surface area contributed by atoms with Crippen molar-refractivity contribution in [3.05, 3.63) is 41.2 Å². The fraction of sp³-hybridized carbons (Fsp3) is 0.438. The molecule has 0 radical (unpaired) electrons. The van der Waals surface area contributed by atoms with Crippen LogP contribution in [-0.4, -0.2) is 16.4 Å². The number of alkyl halides is 1. The zero-order valence-corrected chi connectivity index (χ0v) is 14.3. The first kappa shape index (κ1) is 15.9. The van der Waals surface area contributed by atoms with Crippen LogP contribution in [0.1, 0.15) is 30.8 Å². The molecule has 0 atom stereocenters. The number of halogens is 1. The fourth-order valence-corrected chi connectivity index (χ4v) is 2.51. The standard InChI is InChI=1S/C16H21BrN2O2/c1-4-19-14(8-12(3)18-19)11-21-15-7-6-13(10-17)9-16(15)20-5-2/h6-9H,4-5,10-11H2,1-3H3. The van der Waals surface area contributed by atoms with Crippen molar-refractivity contribution in [1.82, 2.24) is 9.78 Å². The van der Waals surface area contributed by atoms with Crippen molar-refractivity contribution in [2.75, 3.05) is 6.61 Å². The van der Waals surface area contributed by atoms with E-state index < -0.39 is 0 Å². The third-order valence-electron chi connectivity index (χ3n) is 3.12. The zero-order valence-electron chi connectivity index (χ0n) is 12.7. The number of nitrogens with zero attached hydrogens (tertiary/aromatic N) is 2. The second-order valence-corrected chi connectivity index (χ2v) is 5.29. The van der Waals surface area contributed by atoms with E-state index >= 15 is 0 Å². The lowest BCUT2D eigenvalue weighted by Gasteiger charge is -2.13. The summed E-state index contributed by atoms with van der Waals surface area (Å²) in [7, 11) is 0. The second kappa shape index (κ2) is 7.50. The molecule has 0 fully saturated rings. The number of rotatable bonds is 7. The maximum Gasteiger partial charge on any atom is 0.161 e. The molecule has 0 bridgehead atoms. The molecule has 1 aromatic carbocycles. The Bertz CT molecular complexity index is 596. The van der Waals surface area contributed by atoms with Gasteiger partial charge in [-0.15, -0.1) is 0 Å². The lowest BCUT2D eigenvalue weighted by Crippen LogP contribution is -2.07. The summed E-state index contributed by atoms with van der Waals surface area (Å²) in [5.74, 6) is 1.55. The second-order valence-electron chi connectivity index (χ2n) is 4.73. The first-order chi connectivity index (χ1) is 10.2. The van der Waals surface area contributed by atoms with Crippen LogP contribution in [0.4, 0.5) is 0 Å². The highest BCUT2D eigenvalue weighted by atomic mass is 79.9. The van der Waals surface area contributed by atoms with Crippen LogP contribution in [0, 0.1) is 6.92 Å². The molecule has 21 heavy (non-hydrogen) atoms. The van der Waals surface area contributed by atoms with Gasteiger partial charge in [0.05, 0.1) is 18.0 Å². The van der Waals surface area contributed by atoms with Crippen LogP contribution in [0.15, 0.2) is 24.3 Å². The van der Waals surface area contributed by atoms with Gasteiger partial charge in [-0.1, -0.05) is 22.0 Å². The van der Waals surface area contributed by atoms with Gasteiger partial charge in [0, 0.05) is 11.9 Å². The molecule has 0 saturated heterocycles. The number of hydrogen-bond acceptors (Lipinski definition) is 3. The Balaban J connectivity index is 2.15. The monoisotopic (exact) mass is 352 g/mol. The summed E-state index contributed by atoms with van der Waals surface area (Å²) < 4.78 is 13.6. The van der Waals surface area contributed by atoms with Gasteiger partial charge in [-0.2, -0.15) is 5.10 Å². The lowest BCUT2D eigenvalue weighted by atomic mass is 10.2. The average Bonchev–Trinajstić information content (AvgIpc) is 2.86. The van der Waals surface area contributed by atoms with Crippen molar-refractivity contribution in [3.8, 4) is 11.5 Å². The topological polar surface area (TPSA) is 36.3 Å². The highest BCUT2D eigenvalue weighted by Gasteiger charge is 2.09. The van der Waals surface area contributed by atoms with Crippen LogP contribution < -0.4 is 9.47 Å². The number of ether oxygens (including phenoxy) is 2. The third-order valence-corrected chi connectivity index (χ3v) is 3.77. The SMILES string of the molecule is CCOc1cc(CBr)ccc1OCc1cc(C)nn1CC. The largest absolute Gasteiger partial charge is 0.490 e. The molecule has 0 aliphatic rings. The quantitative estimate of drug-likeness (QED) is 0.704. The number of hydrogen-bond donors (Lipinski definition) is 0. The summed E-state index contributed by atoms with van der Waals surface area (Å²) in [4.78, 5) is 0. The van der Waals surface area contributed by atoms with Crippen LogP contribution in [0.2, 0.25) is 0 Å². The minimum atomic E-state index is 0.489. The van der Waals surface area contributed by atoms with Gasteiger partial charge in [0.25, 0.3) is 0 Å². The Labute approximate surface area is 134 Å². The summed E-state index contributed by atoms with van der Waals surface area (Å²) >= 11 is 3.46. The summed E-state index contributed by atoms with van der Waals surface area (Å²) in [5, 5.41) is 5.23. The molecule has 5 heteroatoms. The maximum atomic E-state index is 5.93. The molecule has 0 N–H and O–H groups in total. The highest BCUT2D eigenvalue weighted by molar-refractivity contribution is 9.08. The van der Waals surface area contributed by atoms with E-state index in [4.69, 9.17) is 9.47 Å². The van der Waals surface area contributed by atoms with Gasteiger partial charge < -0.3 is 9.47 Å². The Hall–Kier alpha value is -1.49. The molecule has 0 saturated carbocycles. The van der Waals surface area contributed by atoms with E-state index in [-0.39, 0.29) is 0 Å². The highest BCUT2D eigenvalue weighted by Crippen LogP contribution is 2.30. The molecule has 0 aliphatic heterocycles. The van der Waals surface area contributed by atoms with E-state index in [1.807, 2.05) is 36.7 Å². The third kappa shape index (κ3) is 4.00. The van der Waals surface area contributed by atoms with Gasteiger partial charge in [0.1, 0.15) is 6.61 Å². The van der Waals surface area contributed by atoms with Gasteiger partial charge >= 0.3 is 0 Å². The van der Waals surface area contributed by atoms with Gasteiger partial charge in [-0.3, -0.25) is 4.68 Å². The molecule has 4 nitrogen and oxygen atoms in total. The molecule has 0 aliphatic carbocycles. The molecule has 0 amide bonds. The van der Waals surface area contributed by atoms with Gasteiger partial charge in [-0.05, 0) is 44.5 Å². The van der Waals surface area contributed by atoms with Crippen molar-refractivity contribution in [2.45, 2.75) is 39.3 Å². The molecule has 1 heterocycles. The van der Waals surface area contributed by atoms with Crippen molar-refractivity contribution in [2.24, 2.45) is 0 Å². The molecular weight excluding hydrogens is 332 g/mol. The van der Waals surface area contributed by atoms with Crippen molar-refractivity contribution >= 4 is 15.9 Å². The number of benzene rings is 1. The van der Waals surface area contributed by atoms with E-state index in [0.717, 1.165) is 34.8 Å². The summed E-state index contributed by atoms with van der Waals surface area (Å²) in [6.45, 7) is 7.99. The van der Waals surface area contributed by atoms with Crippen LogP contribution in [0.25, 0.3) is 0 Å². The van der Waals surface area contributed by atoms with Gasteiger partial charge in [-0.25, -0.2) is 0 Å². The predicted octanol–water partition coefficient (Wildman–Crippen LogP) is 4.08. The van der Waals surface area contributed by atoms with Crippen LogP contribution in [0.5, 0.6) is 11.5 Å². The summed E-state index contributed by atoms with van der Waals surface area (Å²) in [6, 6.07) is 8.06. The number of aryl methyl sites for hydroxylation is 2. The average molecular weight is 353 g/mol. The number of aromatic nitrogens is 2. The molecule has 1 aromatic heterocycles. The van der Waals surface area contributed by atoms with Gasteiger partial charge in [0.2, 0.25) is 0 Å². The van der Waals surface area contributed by atoms with Crippen molar-refractivity contribution in [1.29, 1.82) is 0 Å². The smallest absolute Gasteiger partial charge is 0.161 e. The Morgan fingerprint density at radius 1 is 1.14 bits per heavy atom. The van der Waals surface area contributed by atoms with E-state index in [0.29, 0.717) is 13.2 Å². The Kier molecular flexibility index (Phi) is 5.67. The van der Waals surface area contributed by atoms with Crippen LogP contribution in [0.3, 0.4) is 0 Å². The van der Waals surface area contributed by atoms with E-state index in [1.54, 1.807) is 0 Å². The lowest BCUT2D eigenvalue weighted by molar-refractivity contribution is 0.261. The molecule has 2 rings (SSSR count). The predicted molar refractivity (Wildman–Crippen MR) is 87.2 cm³/mol. The summed E-state index contributed by atoms with van der Waals surface area (Å²) in [6.07, 6.45) is 0. The van der Waals surface area contributed by atoms with Crippen LogP contribution >= 0.6 is 15.9 Å². The van der Waals surface area contributed by atoms with Crippen molar-refractivity contribution < 1.29 is 9.47 Å².